The molecule has 0 saturated carbocycles. The number of nitrogens with two attached hydrogens (primary N) is 1. The number of fused-ring (bicyclic) bond motifs is 1. The SMILES string of the molecule is Nc1ncnc2c1n(-c1ccc(Oc3ccccc3)cc1)c(=O)n2OC(=O)N1CCCCC1. The third-order valence-corrected chi connectivity index (χ3v) is 5.47. The Morgan fingerprint density at radius 1 is 0.909 bits per heavy atom. The predicted molar refractivity (Wildman–Crippen MR) is 121 cm³/mol. The zero-order valence-corrected chi connectivity index (χ0v) is 17.8. The molecule has 0 aliphatic carbocycles. The number of carbonyl (C=O) groups excluding carboxylic acids is 1. The van der Waals surface area contributed by atoms with E-state index >= 15 is 0 Å². The monoisotopic (exact) mass is 446 g/mol. The zero-order valence-electron chi connectivity index (χ0n) is 17.8. The number of anilines is 1. The van der Waals surface area contributed by atoms with Gasteiger partial charge in [-0.15, -0.1) is 0 Å². The van der Waals surface area contributed by atoms with Gasteiger partial charge in [0.15, 0.2) is 5.82 Å². The number of hydrogen-bond donors (Lipinski definition) is 1. The second-order valence-corrected chi connectivity index (χ2v) is 7.66. The number of piperidine rings is 1. The van der Waals surface area contributed by atoms with E-state index in [0.29, 0.717) is 30.3 Å². The van der Waals surface area contributed by atoms with Crippen LogP contribution in [-0.2, 0) is 0 Å². The van der Waals surface area contributed by atoms with Crippen LogP contribution in [0.25, 0.3) is 16.9 Å². The fourth-order valence-corrected chi connectivity index (χ4v) is 3.84. The van der Waals surface area contributed by atoms with Crippen LogP contribution in [0.1, 0.15) is 19.3 Å². The first-order valence-electron chi connectivity index (χ1n) is 10.7. The summed E-state index contributed by atoms with van der Waals surface area (Å²) >= 11 is 0. The summed E-state index contributed by atoms with van der Waals surface area (Å²) in [5.41, 5.74) is 6.34. The molecule has 4 aromatic rings. The van der Waals surface area contributed by atoms with Crippen LogP contribution in [-0.4, -0.2) is 43.3 Å². The van der Waals surface area contributed by atoms with Gasteiger partial charge in [-0.3, -0.25) is 4.57 Å². The van der Waals surface area contributed by atoms with Crippen molar-refractivity contribution in [3.8, 4) is 17.2 Å². The third kappa shape index (κ3) is 3.98. The van der Waals surface area contributed by atoms with Crippen molar-refractivity contribution < 1.29 is 14.4 Å². The molecule has 33 heavy (non-hydrogen) atoms. The average molecular weight is 446 g/mol. The summed E-state index contributed by atoms with van der Waals surface area (Å²) in [5, 5.41) is 0. The first-order chi connectivity index (χ1) is 16.1. The number of nitrogens with zero attached hydrogens (tertiary/aromatic N) is 5. The number of rotatable bonds is 4. The molecule has 2 aromatic carbocycles. The molecule has 10 nitrogen and oxygen atoms in total. The van der Waals surface area contributed by atoms with Gasteiger partial charge in [-0.05, 0) is 55.7 Å². The lowest BCUT2D eigenvalue weighted by Crippen LogP contribution is -2.43. The minimum Gasteiger partial charge on any atom is -0.457 e. The minimum atomic E-state index is -0.612. The van der Waals surface area contributed by atoms with Crippen molar-refractivity contribution in [2.24, 2.45) is 0 Å². The Balaban J connectivity index is 1.51. The van der Waals surface area contributed by atoms with Crippen LogP contribution in [0.5, 0.6) is 11.5 Å². The molecule has 2 N–H and O–H groups in total. The van der Waals surface area contributed by atoms with Gasteiger partial charge in [0.2, 0.25) is 5.65 Å². The molecule has 1 amide bonds. The van der Waals surface area contributed by atoms with Gasteiger partial charge in [-0.1, -0.05) is 22.9 Å². The molecule has 1 fully saturated rings. The van der Waals surface area contributed by atoms with E-state index in [9.17, 15) is 9.59 Å². The molecule has 168 valence electrons. The number of aromatic nitrogens is 4. The lowest BCUT2D eigenvalue weighted by atomic mass is 10.1. The summed E-state index contributed by atoms with van der Waals surface area (Å²) < 4.78 is 8.01. The zero-order chi connectivity index (χ0) is 22.8. The van der Waals surface area contributed by atoms with Gasteiger partial charge in [-0.25, -0.2) is 19.6 Å². The van der Waals surface area contributed by atoms with Crippen LogP contribution >= 0.6 is 0 Å². The topological polar surface area (TPSA) is 118 Å². The van der Waals surface area contributed by atoms with Gasteiger partial charge in [0.25, 0.3) is 0 Å². The number of hydrogen-bond acceptors (Lipinski definition) is 7. The standard InChI is InChI=1S/C23H22N6O4/c24-20-19-21(26-15-25-20)29(33-23(31)27-13-5-2-6-14-27)22(30)28(19)16-9-11-18(12-10-16)32-17-7-3-1-4-8-17/h1,3-4,7-12,15H,2,5-6,13-14H2,(H2,24,25,26). The van der Waals surface area contributed by atoms with Gasteiger partial charge < -0.3 is 20.2 Å². The number of ether oxygens (including phenoxy) is 1. The lowest BCUT2D eigenvalue weighted by molar-refractivity contribution is 0.0856. The first kappa shape index (κ1) is 20.6. The van der Waals surface area contributed by atoms with Crippen molar-refractivity contribution in [2.75, 3.05) is 18.8 Å². The van der Waals surface area contributed by atoms with Crippen LogP contribution in [0, 0.1) is 0 Å². The van der Waals surface area contributed by atoms with E-state index in [0.717, 1.165) is 24.0 Å². The normalized spacial score (nSPS) is 13.8. The highest BCUT2D eigenvalue weighted by atomic mass is 16.7. The molecule has 0 radical (unpaired) electrons. The smallest absolute Gasteiger partial charge is 0.434 e. The second kappa shape index (κ2) is 8.65. The lowest BCUT2D eigenvalue weighted by Gasteiger charge is -2.25. The predicted octanol–water partition coefficient (Wildman–Crippen LogP) is 2.99. The Morgan fingerprint density at radius 2 is 1.61 bits per heavy atom. The third-order valence-electron chi connectivity index (χ3n) is 5.47. The molecule has 3 heterocycles. The van der Waals surface area contributed by atoms with Crippen LogP contribution in [0.4, 0.5) is 10.6 Å². The van der Waals surface area contributed by atoms with Crippen molar-refractivity contribution in [3.05, 3.63) is 71.4 Å². The summed E-state index contributed by atoms with van der Waals surface area (Å²) in [4.78, 5) is 41.2. The van der Waals surface area contributed by atoms with E-state index < -0.39 is 11.8 Å². The summed E-state index contributed by atoms with van der Waals surface area (Å²) in [6.07, 6.45) is 3.50. The molecular formula is C23H22N6O4. The van der Waals surface area contributed by atoms with Gasteiger partial charge >= 0.3 is 11.8 Å². The maximum absolute atomic E-state index is 13.3. The molecule has 1 aliphatic heterocycles. The first-order valence-corrected chi connectivity index (χ1v) is 10.7. The Bertz CT molecular complexity index is 1340. The van der Waals surface area contributed by atoms with E-state index in [4.69, 9.17) is 15.3 Å². The molecule has 0 atom stereocenters. The number of imidazole rings is 1. The molecule has 0 unspecified atom stereocenters. The average Bonchev–Trinajstić information content (AvgIpc) is 3.13. The summed E-state index contributed by atoms with van der Waals surface area (Å²) in [7, 11) is 0. The number of likely N-dealkylation sites (tertiary alicyclic amines) is 1. The van der Waals surface area contributed by atoms with Crippen LogP contribution in [0.3, 0.4) is 0 Å². The Kier molecular flexibility index (Phi) is 5.39. The highest BCUT2D eigenvalue weighted by Crippen LogP contribution is 2.24. The Labute approximate surface area is 188 Å². The molecular weight excluding hydrogens is 424 g/mol. The minimum absolute atomic E-state index is 0.0921. The van der Waals surface area contributed by atoms with E-state index in [1.165, 1.54) is 10.9 Å². The maximum Gasteiger partial charge on any atom is 0.434 e. The van der Waals surface area contributed by atoms with E-state index in [1.54, 1.807) is 29.2 Å². The Morgan fingerprint density at radius 3 is 2.33 bits per heavy atom. The van der Waals surface area contributed by atoms with Crippen molar-refractivity contribution in [2.45, 2.75) is 19.3 Å². The van der Waals surface area contributed by atoms with Crippen molar-refractivity contribution in [1.29, 1.82) is 0 Å². The van der Waals surface area contributed by atoms with Gasteiger partial charge in [-0.2, -0.15) is 0 Å². The van der Waals surface area contributed by atoms with E-state index in [2.05, 4.69) is 9.97 Å². The summed E-state index contributed by atoms with van der Waals surface area (Å²) in [6.45, 7) is 1.18. The fraction of sp³-hybridized carbons (Fsp3) is 0.217. The van der Waals surface area contributed by atoms with Gasteiger partial charge in [0.1, 0.15) is 23.3 Å². The maximum atomic E-state index is 13.3. The number of para-hydroxylation sites is 1. The molecule has 1 aliphatic rings. The van der Waals surface area contributed by atoms with Crippen molar-refractivity contribution >= 4 is 23.1 Å². The van der Waals surface area contributed by atoms with Crippen LogP contribution in [0.15, 0.2) is 65.7 Å². The molecule has 0 spiro atoms. The molecule has 5 rings (SSSR count). The Hall–Kier alpha value is -4.34. The molecule has 10 heteroatoms. The highest BCUT2D eigenvalue weighted by Gasteiger charge is 2.25. The van der Waals surface area contributed by atoms with Crippen molar-refractivity contribution in [1.82, 2.24) is 24.2 Å². The summed E-state index contributed by atoms with van der Waals surface area (Å²) in [6, 6.07) is 16.3. The number of carbonyl (C=O) groups is 1. The molecule has 1 saturated heterocycles. The quantitative estimate of drug-likeness (QED) is 0.512. The molecule has 2 aromatic heterocycles. The molecule has 0 bridgehead atoms. The van der Waals surface area contributed by atoms with E-state index in [-0.39, 0.29) is 17.0 Å². The highest BCUT2D eigenvalue weighted by molar-refractivity contribution is 5.84. The van der Waals surface area contributed by atoms with Gasteiger partial charge in [0, 0.05) is 13.1 Å². The summed E-state index contributed by atoms with van der Waals surface area (Å²) in [5.74, 6) is 1.39. The van der Waals surface area contributed by atoms with Crippen molar-refractivity contribution in [3.63, 3.8) is 0 Å². The van der Waals surface area contributed by atoms with Crippen LogP contribution < -0.4 is 21.0 Å². The number of amides is 1. The van der Waals surface area contributed by atoms with Crippen LogP contribution in [0.2, 0.25) is 0 Å². The number of benzene rings is 2. The second-order valence-electron chi connectivity index (χ2n) is 7.66. The fourth-order valence-electron chi connectivity index (χ4n) is 3.84. The van der Waals surface area contributed by atoms with Gasteiger partial charge in [0.05, 0.1) is 5.69 Å². The number of nitrogen functional groups attached to an aromatic ring is 1. The largest absolute Gasteiger partial charge is 0.457 e. The van der Waals surface area contributed by atoms with E-state index in [1.807, 2.05) is 30.3 Å².